The van der Waals surface area contributed by atoms with Crippen molar-refractivity contribution in [3.8, 4) is 0 Å². The Morgan fingerprint density at radius 3 is 2.71 bits per heavy atom. The first-order chi connectivity index (χ1) is 16.6. The Bertz CT molecular complexity index is 1060. The molecule has 2 heterocycles. The minimum atomic E-state index is -0.580. The summed E-state index contributed by atoms with van der Waals surface area (Å²) >= 11 is 2.19. The first kappa shape index (κ1) is 27.0. The maximum Gasteiger partial charge on any atom is 0.267 e. The average molecular weight is 596 g/mol. The molecule has 0 bridgehead atoms. The molecule has 3 rings (SSSR count). The third-order valence-corrected chi connectivity index (χ3v) is 6.05. The molecule has 35 heavy (non-hydrogen) atoms. The SMILES string of the molecule is CN(CC(C)(C)NC(=O)c1ccc(F)cc1)c1ncc(/C=C/C(=O)NOC2CCCCO2)cc1I. The number of carbonyl (C=O) groups excluding carboxylic acids is 2. The minimum absolute atomic E-state index is 0.274. The number of anilines is 1. The quantitative estimate of drug-likeness (QED) is 0.258. The maximum absolute atomic E-state index is 13.1. The summed E-state index contributed by atoms with van der Waals surface area (Å²) in [6, 6.07) is 7.35. The largest absolute Gasteiger partial charge is 0.356 e. The summed E-state index contributed by atoms with van der Waals surface area (Å²) in [5.41, 5.74) is 2.97. The molecule has 1 aliphatic heterocycles. The van der Waals surface area contributed by atoms with Crippen molar-refractivity contribution in [3.63, 3.8) is 0 Å². The lowest BCUT2D eigenvalue weighted by molar-refractivity contribution is -0.198. The molecule has 0 saturated carbocycles. The van der Waals surface area contributed by atoms with Crippen LogP contribution in [0.25, 0.3) is 6.08 Å². The number of likely N-dealkylation sites (N-methyl/N-ethyl adjacent to an activating group) is 1. The van der Waals surface area contributed by atoms with Crippen molar-refractivity contribution in [1.29, 1.82) is 0 Å². The lowest BCUT2D eigenvalue weighted by Crippen LogP contribution is -2.51. The fourth-order valence-electron chi connectivity index (χ4n) is 3.64. The van der Waals surface area contributed by atoms with E-state index in [1.165, 1.54) is 30.3 Å². The van der Waals surface area contributed by atoms with Crippen molar-refractivity contribution in [1.82, 2.24) is 15.8 Å². The van der Waals surface area contributed by atoms with Crippen LogP contribution in [0.5, 0.6) is 0 Å². The van der Waals surface area contributed by atoms with Crippen LogP contribution in [0.2, 0.25) is 0 Å². The number of nitrogens with one attached hydrogen (secondary N) is 2. The summed E-state index contributed by atoms with van der Waals surface area (Å²) in [6.45, 7) is 4.95. The van der Waals surface area contributed by atoms with Crippen molar-refractivity contribution < 1.29 is 23.6 Å². The fourth-order valence-corrected chi connectivity index (χ4v) is 4.55. The number of hydrogen-bond acceptors (Lipinski definition) is 6. The number of pyridine rings is 1. The highest BCUT2D eigenvalue weighted by Crippen LogP contribution is 2.22. The van der Waals surface area contributed by atoms with E-state index in [0.29, 0.717) is 18.7 Å². The summed E-state index contributed by atoms with van der Waals surface area (Å²) in [6.07, 6.45) is 7.09. The summed E-state index contributed by atoms with van der Waals surface area (Å²) in [5, 5.41) is 2.98. The van der Waals surface area contributed by atoms with E-state index in [0.717, 1.165) is 34.2 Å². The lowest BCUT2D eigenvalue weighted by atomic mass is 10.0. The van der Waals surface area contributed by atoms with Gasteiger partial charge in [-0.3, -0.25) is 9.59 Å². The zero-order valence-corrected chi connectivity index (χ0v) is 22.2. The molecule has 1 aromatic heterocycles. The van der Waals surface area contributed by atoms with Crippen LogP contribution in [0.3, 0.4) is 0 Å². The molecule has 0 aliphatic carbocycles. The second-order valence-corrected chi connectivity index (χ2v) is 10.2. The molecule has 0 radical (unpaired) electrons. The van der Waals surface area contributed by atoms with Crippen molar-refractivity contribution in [3.05, 3.63) is 63.1 Å². The third kappa shape index (κ3) is 8.55. The lowest BCUT2D eigenvalue weighted by Gasteiger charge is -2.32. The van der Waals surface area contributed by atoms with E-state index < -0.39 is 11.8 Å². The Hall–Kier alpha value is -2.57. The van der Waals surface area contributed by atoms with E-state index in [1.807, 2.05) is 31.9 Å². The van der Waals surface area contributed by atoms with Gasteiger partial charge in [0.2, 0.25) is 0 Å². The molecule has 2 amide bonds. The molecule has 2 aromatic rings. The van der Waals surface area contributed by atoms with Crippen LogP contribution in [-0.2, 0) is 14.4 Å². The summed E-state index contributed by atoms with van der Waals surface area (Å²) in [7, 11) is 1.89. The van der Waals surface area contributed by atoms with Crippen LogP contribution in [0.15, 0.2) is 42.6 Å². The Balaban J connectivity index is 1.54. The number of carbonyl (C=O) groups is 2. The van der Waals surface area contributed by atoms with E-state index in [1.54, 1.807) is 12.3 Å². The second-order valence-electron chi connectivity index (χ2n) is 8.99. The van der Waals surface area contributed by atoms with Crippen molar-refractivity contribution in [2.24, 2.45) is 0 Å². The van der Waals surface area contributed by atoms with E-state index in [9.17, 15) is 14.0 Å². The molecule has 1 atom stereocenters. The number of ether oxygens (including phenoxy) is 1. The molecule has 10 heteroatoms. The number of amides is 2. The fraction of sp³-hybridized carbons (Fsp3) is 0.400. The highest BCUT2D eigenvalue weighted by molar-refractivity contribution is 14.1. The number of nitrogens with zero attached hydrogens (tertiary/aromatic N) is 2. The van der Waals surface area contributed by atoms with Gasteiger partial charge in [-0.15, -0.1) is 0 Å². The average Bonchev–Trinajstić information content (AvgIpc) is 2.81. The van der Waals surface area contributed by atoms with Gasteiger partial charge in [0, 0.05) is 44.5 Å². The van der Waals surface area contributed by atoms with Gasteiger partial charge >= 0.3 is 0 Å². The smallest absolute Gasteiger partial charge is 0.267 e. The zero-order valence-electron chi connectivity index (χ0n) is 20.0. The predicted molar refractivity (Wildman–Crippen MR) is 140 cm³/mol. The standard InChI is InChI=1S/C25H30FIN4O4/c1-25(2,29-24(33)18-8-10-19(26)11-9-18)16-31(3)23-20(27)14-17(15-28-23)7-12-21(32)30-35-22-6-4-5-13-34-22/h7-12,14-15,22H,4-6,13,16H2,1-3H3,(H,29,33)(H,30,32)/b12-7+. The van der Waals surface area contributed by atoms with Gasteiger partial charge in [0.15, 0.2) is 6.29 Å². The van der Waals surface area contributed by atoms with E-state index in [4.69, 9.17) is 9.57 Å². The maximum atomic E-state index is 13.1. The number of aromatic nitrogens is 1. The topological polar surface area (TPSA) is 92.8 Å². The van der Waals surface area contributed by atoms with Crippen LogP contribution in [0.4, 0.5) is 10.2 Å². The van der Waals surface area contributed by atoms with Gasteiger partial charge < -0.3 is 15.0 Å². The summed E-state index contributed by atoms with van der Waals surface area (Å²) in [5.74, 6) is -0.297. The molecular weight excluding hydrogens is 566 g/mol. The molecule has 1 saturated heterocycles. The third-order valence-electron chi connectivity index (χ3n) is 5.25. The second kappa shape index (κ2) is 12.4. The molecule has 188 valence electrons. The van der Waals surface area contributed by atoms with Crippen LogP contribution < -0.4 is 15.7 Å². The Kier molecular flexibility index (Phi) is 9.58. The van der Waals surface area contributed by atoms with E-state index >= 15 is 0 Å². The van der Waals surface area contributed by atoms with Gasteiger partial charge in [-0.25, -0.2) is 19.7 Å². The first-order valence-corrected chi connectivity index (χ1v) is 12.4. The molecule has 1 fully saturated rings. The van der Waals surface area contributed by atoms with E-state index in [-0.39, 0.29) is 17.6 Å². The van der Waals surface area contributed by atoms with Gasteiger partial charge in [-0.2, -0.15) is 0 Å². The van der Waals surface area contributed by atoms with Crippen LogP contribution in [0.1, 0.15) is 49.0 Å². The van der Waals surface area contributed by atoms with Gasteiger partial charge in [0.25, 0.3) is 11.8 Å². The van der Waals surface area contributed by atoms with Crippen molar-refractivity contribution in [2.75, 3.05) is 25.1 Å². The molecule has 1 aliphatic rings. The van der Waals surface area contributed by atoms with Crippen LogP contribution >= 0.6 is 22.6 Å². The molecular formula is C25H30FIN4O4. The van der Waals surface area contributed by atoms with Gasteiger partial charge in [0.1, 0.15) is 11.6 Å². The number of hydrogen-bond donors (Lipinski definition) is 2. The minimum Gasteiger partial charge on any atom is -0.356 e. The molecule has 1 aromatic carbocycles. The number of hydroxylamine groups is 1. The predicted octanol–water partition coefficient (Wildman–Crippen LogP) is 4.06. The highest BCUT2D eigenvalue weighted by atomic mass is 127. The van der Waals surface area contributed by atoms with Gasteiger partial charge in [0.05, 0.1) is 9.11 Å². The molecule has 2 N–H and O–H groups in total. The Morgan fingerprint density at radius 1 is 1.31 bits per heavy atom. The normalized spacial score (nSPS) is 16.2. The number of halogens is 2. The Morgan fingerprint density at radius 2 is 2.06 bits per heavy atom. The van der Waals surface area contributed by atoms with Crippen molar-refractivity contribution in [2.45, 2.75) is 44.9 Å². The first-order valence-electron chi connectivity index (χ1n) is 11.3. The van der Waals surface area contributed by atoms with Crippen molar-refractivity contribution >= 4 is 46.3 Å². The highest BCUT2D eigenvalue weighted by Gasteiger charge is 2.24. The van der Waals surface area contributed by atoms with Crippen LogP contribution in [-0.4, -0.2) is 48.8 Å². The molecule has 1 unspecified atom stereocenters. The van der Waals surface area contributed by atoms with Crippen LogP contribution in [0, 0.1) is 9.39 Å². The monoisotopic (exact) mass is 596 g/mol. The molecule has 8 nitrogen and oxygen atoms in total. The van der Waals surface area contributed by atoms with Gasteiger partial charge in [-0.05, 0) is 91.3 Å². The summed E-state index contributed by atoms with van der Waals surface area (Å²) in [4.78, 5) is 36.3. The van der Waals surface area contributed by atoms with E-state index in [2.05, 4.69) is 38.4 Å². The van der Waals surface area contributed by atoms with Gasteiger partial charge in [-0.1, -0.05) is 0 Å². The number of benzene rings is 1. The number of rotatable bonds is 9. The molecule has 0 spiro atoms. The zero-order chi connectivity index (χ0) is 25.4. The Labute approximate surface area is 218 Å². The summed E-state index contributed by atoms with van der Waals surface area (Å²) < 4.78 is 19.4.